The summed E-state index contributed by atoms with van der Waals surface area (Å²) in [6.45, 7) is 6.66. The minimum atomic E-state index is -1.75. The Morgan fingerprint density at radius 2 is 1.83 bits per heavy atom. The first kappa shape index (κ1) is 19.0. The van der Waals surface area contributed by atoms with Gasteiger partial charge in [-0.3, -0.25) is 0 Å². The van der Waals surface area contributed by atoms with Gasteiger partial charge in [-0.2, -0.15) is 0 Å². The van der Waals surface area contributed by atoms with Crippen molar-refractivity contribution < 1.29 is 9.65 Å². The number of imidazole rings is 1. The van der Waals surface area contributed by atoms with Crippen LogP contribution >= 0.6 is 12.4 Å². The molecule has 0 aliphatic heterocycles. The van der Waals surface area contributed by atoms with Crippen LogP contribution in [0.15, 0.2) is 18.7 Å². The van der Waals surface area contributed by atoms with E-state index in [1.807, 2.05) is 0 Å². The SMILES string of the molecule is CCCCCC[n+]1ccn(CC)c1.Cl.O=[N+]([O-])[O-]. The van der Waals surface area contributed by atoms with Crippen LogP contribution in [0.2, 0.25) is 0 Å². The second-order valence-corrected chi connectivity index (χ2v) is 3.77. The zero-order valence-corrected chi connectivity index (χ0v) is 11.8. The van der Waals surface area contributed by atoms with Crippen molar-refractivity contribution >= 4 is 12.4 Å². The number of rotatable bonds is 6. The van der Waals surface area contributed by atoms with Crippen LogP contribution in [0.1, 0.15) is 39.5 Å². The van der Waals surface area contributed by atoms with E-state index in [4.69, 9.17) is 15.3 Å². The number of aryl methyl sites for hydroxylation is 2. The molecule has 0 fully saturated rings. The molecule has 0 amide bonds. The van der Waals surface area contributed by atoms with Gasteiger partial charge in [-0.05, 0) is 19.8 Å². The summed E-state index contributed by atoms with van der Waals surface area (Å²) in [6.07, 6.45) is 11.9. The Kier molecular flexibility index (Phi) is 12.9. The molecular formula is C11H22ClN3O3. The van der Waals surface area contributed by atoms with E-state index < -0.39 is 5.09 Å². The fourth-order valence-electron chi connectivity index (χ4n) is 1.48. The Morgan fingerprint density at radius 1 is 1.22 bits per heavy atom. The van der Waals surface area contributed by atoms with Crippen LogP contribution in [0, 0.1) is 15.3 Å². The van der Waals surface area contributed by atoms with Crippen molar-refractivity contribution in [2.75, 3.05) is 0 Å². The molecule has 0 spiro atoms. The number of halogens is 1. The van der Waals surface area contributed by atoms with Gasteiger partial charge in [0.2, 0.25) is 6.33 Å². The van der Waals surface area contributed by atoms with Crippen molar-refractivity contribution in [2.45, 2.75) is 52.6 Å². The molecule has 0 saturated carbocycles. The molecule has 0 bridgehead atoms. The predicted molar refractivity (Wildman–Crippen MR) is 72.1 cm³/mol. The fraction of sp³-hybridized carbons (Fsp3) is 0.727. The van der Waals surface area contributed by atoms with E-state index >= 15 is 0 Å². The number of nitrogens with zero attached hydrogens (tertiary/aromatic N) is 3. The van der Waals surface area contributed by atoms with E-state index in [2.05, 4.69) is 41.7 Å². The van der Waals surface area contributed by atoms with Gasteiger partial charge < -0.3 is 15.3 Å². The van der Waals surface area contributed by atoms with Gasteiger partial charge in [-0.25, -0.2) is 9.13 Å². The van der Waals surface area contributed by atoms with Crippen molar-refractivity contribution in [1.29, 1.82) is 0 Å². The minimum Gasteiger partial charge on any atom is -0.356 e. The molecular weight excluding hydrogens is 258 g/mol. The molecule has 7 heteroatoms. The molecule has 0 aliphatic rings. The van der Waals surface area contributed by atoms with Gasteiger partial charge in [0.05, 0.1) is 18.2 Å². The van der Waals surface area contributed by atoms with Gasteiger partial charge in [0.25, 0.3) is 0 Å². The number of aromatic nitrogens is 2. The molecule has 0 unspecified atom stereocenters. The maximum Gasteiger partial charge on any atom is 0.243 e. The largest absolute Gasteiger partial charge is 0.356 e. The van der Waals surface area contributed by atoms with E-state index in [9.17, 15) is 0 Å². The highest BCUT2D eigenvalue weighted by atomic mass is 35.5. The summed E-state index contributed by atoms with van der Waals surface area (Å²) < 4.78 is 4.49. The Morgan fingerprint density at radius 3 is 2.28 bits per heavy atom. The lowest BCUT2D eigenvalue weighted by Gasteiger charge is -1.95. The molecule has 0 radical (unpaired) electrons. The summed E-state index contributed by atoms with van der Waals surface area (Å²) in [5.74, 6) is 0. The lowest BCUT2D eigenvalue weighted by atomic mass is 10.2. The van der Waals surface area contributed by atoms with E-state index in [1.54, 1.807) is 0 Å². The third-order valence-corrected chi connectivity index (χ3v) is 2.38. The Labute approximate surface area is 114 Å². The highest BCUT2D eigenvalue weighted by Gasteiger charge is 2.00. The lowest BCUT2D eigenvalue weighted by molar-refractivity contribution is -0.696. The van der Waals surface area contributed by atoms with Gasteiger partial charge in [-0.1, -0.05) is 19.8 Å². The normalized spacial score (nSPS) is 9.00. The van der Waals surface area contributed by atoms with Gasteiger partial charge in [-0.15, -0.1) is 12.4 Å². The summed E-state index contributed by atoms with van der Waals surface area (Å²) in [7, 11) is 0. The number of hydrogen-bond acceptors (Lipinski definition) is 3. The average molecular weight is 280 g/mol. The molecule has 0 saturated heterocycles. The summed E-state index contributed by atoms with van der Waals surface area (Å²) in [5, 5.41) is 14.8. The highest BCUT2D eigenvalue weighted by Crippen LogP contribution is 1.98. The van der Waals surface area contributed by atoms with Crippen LogP contribution in [-0.2, 0) is 13.1 Å². The molecule has 106 valence electrons. The van der Waals surface area contributed by atoms with Crippen LogP contribution in [0.25, 0.3) is 0 Å². The van der Waals surface area contributed by atoms with E-state index in [0.29, 0.717) is 0 Å². The first-order valence-electron chi connectivity index (χ1n) is 5.96. The van der Waals surface area contributed by atoms with Crippen molar-refractivity contribution in [2.24, 2.45) is 0 Å². The maximum absolute atomic E-state index is 8.25. The van der Waals surface area contributed by atoms with Crippen molar-refractivity contribution in [1.82, 2.24) is 4.57 Å². The zero-order chi connectivity index (χ0) is 13.1. The summed E-state index contributed by atoms with van der Waals surface area (Å²) in [5.41, 5.74) is 0. The molecule has 18 heavy (non-hydrogen) atoms. The van der Waals surface area contributed by atoms with Gasteiger partial charge >= 0.3 is 0 Å². The molecule has 0 atom stereocenters. The Hall–Kier alpha value is -1.30. The fourth-order valence-corrected chi connectivity index (χ4v) is 1.48. The molecule has 0 N–H and O–H groups in total. The van der Waals surface area contributed by atoms with Crippen molar-refractivity contribution in [3.63, 3.8) is 0 Å². The molecule has 1 aromatic heterocycles. The Balaban J connectivity index is 0. The van der Waals surface area contributed by atoms with Crippen LogP contribution < -0.4 is 4.57 Å². The van der Waals surface area contributed by atoms with Crippen molar-refractivity contribution in [3.05, 3.63) is 34.0 Å². The first-order valence-corrected chi connectivity index (χ1v) is 5.96. The molecule has 1 heterocycles. The summed E-state index contributed by atoms with van der Waals surface area (Å²) in [4.78, 5) is 8.25. The zero-order valence-electron chi connectivity index (χ0n) is 10.9. The minimum absolute atomic E-state index is 0. The molecule has 0 aliphatic carbocycles. The second kappa shape index (κ2) is 12.2. The molecule has 6 nitrogen and oxygen atoms in total. The number of hydrogen-bond donors (Lipinski definition) is 0. The Bertz CT molecular complexity index is 314. The predicted octanol–water partition coefficient (Wildman–Crippen LogP) is 2.56. The maximum atomic E-state index is 8.25. The van der Waals surface area contributed by atoms with Gasteiger partial charge in [0.15, 0.2) is 0 Å². The van der Waals surface area contributed by atoms with Crippen molar-refractivity contribution in [3.8, 4) is 0 Å². The molecule has 1 aromatic rings. The van der Waals surface area contributed by atoms with Crippen LogP contribution in [0.3, 0.4) is 0 Å². The monoisotopic (exact) mass is 279 g/mol. The highest BCUT2D eigenvalue weighted by molar-refractivity contribution is 5.85. The topological polar surface area (TPSA) is 75.0 Å². The summed E-state index contributed by atoms with van der Waals surface area (Å²) >= 11 is 0. The molecule has 0 aromatic carbocycles. The first-order chi connectivity index (χ1) is 8.10. The average Bonchev–Trinajstić information content (AvgIpc) is 2.71. The quantitative estimate of drug-likeness (QED) is 0.348. The van der Waals surface area contributed by atoms with Gasteiger partial charge in [0.1, 0.15) is 12.4 Å². The lowest BCUT2D eigenvalue weighted by Crippen LogP contribution is -2.30. The molecule has 1 rings (SSSR count). The van der Waals surface area contributed by atoms with E-state index in [-0.39, 0.29) is 12.4 Å². The second-order valence-electron chi connectivity index (χ2n) is 3.77. The third-order valence-electron chi connectivity index (χ3n) is 2.38. The van der Waals surface area contributed by atoms with Crippen LogP contribution in [0.4, 0.5) is 0 Å². The van der Waals surface area contributed by atoms with Gasteiger partial charge in [0, 0.05) is 0 Å². The van der Waals surface area contributed by atoms with E-state index in [1.165, 1.54) is 32.2 Å². The number of unbranched alkanes of at least 4 members (excludes halogenated alkanes) is 3. The van der Waals surface area contributed by atoms with Crippen LogP contribution in [-0.4, -0.2) is 9.65 Å². The van der Waals surface area contributed by atoms with E-state index in [0.717, 1.165) is 6.54 Å². The smallest absolute Gasteiger partial charge is 0.243 e. The third kappa shape index (κ3) is 11.2. The van der Waals surface area contributed by atoms with Crippen LogP contribution in [0.5, 0.6) is 0 Å². The summed E-state index contributed by atoms with van der Waals surface area (Å²) in [6, 6.07) is 0. The standard InChI is InChI=1S/C11H21N2.ClH.NO3/c1-3-5-6-7-8-13-10-9-12(4-2)11-13;;2-1(3)4/h9-11H,3-8H2,1-2H3;1H;/q+1;;-1.